The molecule has 0 aliphatic heterocycles. The molecule has 0 atom stereocenters. The van der Waals surface area contributed by atoms with Crippen molar-refractivity contribution >= 4 is 34.9 Å². The van der Waals surface area contributed by atoms with Crippen molar-refractivity contribution in [3.8, 4) is 5.75 Å². The molecule has 8 heteroatoms. The van der Waals surface area contributed by atoms with E-state index in [0.717, 1.165) is 11.1 Å². The second-order valence-electron chi connectivity index (χ2n) is 6.69. The SMILES string of the molecule is CC(=O)Nc1ccc(C(=O)COC(=O)COc2cccc(C)c2C)c(NC(C)=O)c1. The Bertz CT molecular complexity index is 984. The van der Waals surface area contributed by atoms with Crippen LogP contribution in [0.1, 0.15) is 35.3 Å². The number of benzene rings is 2. The number of anilines is 2. The van der Waals surface area contributed by atoms with Crippen molar-refractivity contribution in [2.45, 2.75) is 27.7 Å². The molecular weight excluding hydrogens is 388 g/mol. The zero-order chi connectivity index (χ0) is 22.3. The fourth-order valence-corrected chi connectivity index (χ4v) is 2.64. The third-order valence-electron chi connectivity index (χ3n) is 4.22. The summed E-state index contributed by atoms with van der Waals surface area (Å²) in [7, 11) is 0. The minimum absolute atomic E-state index is 0.155. The lowest BCUT2D eigenvalue weighted by molar-refractivity contribution is -0.144. The highest BCUT2D eigenvalue weighted by atomic mass is 16.6. The van der Waals surface area contributed by atoms with Gasteiger partial charge in [0, 0.05) is 25.1 Å². The lowest BCUT2D eigenvalue weighted by atomic mass is 10.1. The van der Waals surface area contributed by atoms with E-state index in [1.54, 1.807) is 6.07 Å². The standard InChI is InChI=1S/C22H24N2O6/c1-13-6-5-7-21(14(13)2)29-12-22(28)30-11-20(27)18-9-8-17(23-15(3)25)10-19(18)24-16(4)26/h5-10H,11-12H2,1-4H3,(H,23,25)(H,24,26). The number of Topliss-reactive ketones (excluding diaryl/α,β-unsaturated/α-hetero) is 1. The van der Waals surface area contributed by atoms with Crippen molar-refractivity contribution in [2.24, 2.45) is 0 Å². The number of nitrogens with one attached hydrogen (secondary N) is 2. The van der Waals surface area contributed by atoms with Gasteiger partial charge in [0.1, 0.15) is 5.75 Å². The first-order valence-corrected chi connectivity index (χ1v) is 9.24. The second-order valence-corrected chi connectivity index (χ2v) is 6.69. The van der Waals surface area contributed by atoms with E-state index in [4.69, 9.17) is 9.47 Å². The predicted octanol–water partition coefficient (Wildman–Crippen LogP) is 3.03. The molecular formula is C22H24N2O6. The lowest BCUT2D eigenvalue weighted by Crippen LogP contribution is -2.21. The molecule has 2 aromatic rings. The first-order chi connectivity index (χ1) is 14.2. The minimum Gasteiger partial charge on any atom is -0.482 e. The quantitative estimate of drug-likeness (QED) is 0.509. The van der Waals surface area contributed by atoms with Gasteiger partial charge in [-0.15, -0.1) is 0 Å². The fraction of sp³-hybridized carbons (Fsp3) is 0.273. The van der Waals surface area contributed by atoms with Crippen molar-refractivity contribution < 1.29 is 28.7 Å². The number of carbonyl (C=O) groups is 4. The smallest absolute Gasteiger partial charge is 0.344 e. The number of rotatable bonds is 8. The Balaban J connectivity index is 2.00. The summed E-state index contributed by atoms with van der Waals surface area (Å²) in [6.45, 7) is 5.61. The molecule has 0 saturated carbocycles. The third kappa shape index (κ3) is 6.44. The number of ketones is 1. The first-order valence-electron chi connectivity index (χ1n) is 9.24. The van der Waals surface area contributed by atoms with E-state index >= 15 is 0 Å². The monoisotopic (exact) mass is 412 g/mol. The van der Waals surface area contributed by atoms with Crippen molar-refractivity contribution in [3.05, 3.63) is 53.1 Å². The Morgan fingerprint density at radius 3 is 2.27 bits per heavy atom. The van der Waals surface area contributed by atoms with E-state index in [1.807, 2.05) is 26.0 Å². The lowest BCUT2D eigenvalue weighted by Gasteiger charge is -2.13. The molecule has 2 rings (SSSR count). The van der Waals surface area contributed by atoms with Gasteiger partial charge in [-0.2, -0.15) is 0 Å². The van der Waals surface area contributed by atoms with Crippen LogP contribution in [0.15, 0.2) is 36.4 Å². The Morgan fingerprint density at radius 1 is 0.900 bits per heavy atom. The average Bonchev–Trinajstić information content (AvgIpc) is 2.66. The van der Waals surface area contributed by atoms with Gasteiger partial charge in [-0.3, -0.25) is 14.4 Å². The molecule has 2 amide bonds. The van der Waals surface area contributed by atoms with E-state index in [2.05, 4.69) is 10.6 Å². The molecule has 0 radical (unpaired) electrons. The van der Waals surface area contributed by atoms with Crippen LogP contribution in [0, 0.1) is 13.8 Å². The maximum atomic E-state index is 12.5. The summed E-state index contributed by atoms with van der Waals surface area (Å²) in [5.41, 5.74) is 2.73. The zero-order valence-corrected chi connectivity index (χ0v) is 17.3. The van der Waals surface area contributed by atoms with E-state index in [9.17, 15) is 19.2 Å². The summed E-state index contributed by atoms with van der Waals surface area (Å²) in [6.07, 6.45) is 0. The molecule has 0 aliphatic carbocycles. The zero-order valence-electron chi connectivity index (χ0n) is 17.3. The van der Waals surface area contributed by atoms with Gasteiger partial charge in [-0.25, -0.2) is 4.79 Å². The molecule has 0 unspecified atom stereocenters. The van der Waals surface area contributed by atoms with Gasteiger partial charge < -0.3 is 20.1 Å². The number of esters is 1. The van der Waals surface area contributed by atoms with Crippen LogP contribution in [-0.2, 0) is 19.1 Å². The number of amides is 2. The summed E-state index contributed by atoms with van der Waals surface area (Å²) < 4.78 is 10.5. The van der Waals surface area contributed by atoms with Gasteiger partial charge in [0.05, 0.1) is 5.69 Å². The van der Waals surface area contributed by atoms with Gasteiger partial charge in [-0.1, -0.05) is 12.1 Å². The highest BCUT2D eigenvalue weighted by Crippen LogP contribution is 2.23. The average molecular weight is 412 g/mol. The van der Waals surface area contributed by atoms with Gasteiger partial charge in [-0.05, 0) is 49.2 Å². The number of ether oxygens (including phenoxy) is 2. The van der Waals surface area contributed by atoms with Crippen LogP contribution >= 0.6 is 0 Å². The summed E-state index contributed by atoms with van der Waals surface area (Å²) in [5.74, 6) is -1.31. The molecule has 0 fully saturated rings. The van der Waals surface area contributed by atoms with Crippen molar-refractivity contribution in [3.63, 3.8) is 0 Å². The molecule has 8 nitrogen and oxygen atoms in total. The van der Waals surface area contributed by atoms with Crippen molar-refractivity contribution in [1.29, 1.82) is 0 Å². The maximum absolute atomic E-state index is 12.5. The maximum Gasteiger partial charge on any atom is 0.344 e. The molecule has 30 heavy (non-hydrogen) atoms. The normalized spacial score (nSPS) is 10.1. The third-order valence-corrected chi connectivity index (χ3v) is 4.22. The molecule has 0 spiro atoms. The summed E-state index contributed by atoms with van der Waals surface area (Å²) in [4.78, 5) is 47.1. The van der Waals surface area contributed by atoms with Crippen LogP contribution in [0.3, 0.4) is 0 Å². The van der Waals surface area contributed by atoms with Gasteiger partial charge in [0.2, 0.25) is 17.6 Å². The molecule has 0 aliphatic rings. The van der Waals surface area contributed by atoms with Crippen molar-refractivity contribution in [1.82, 2.24) is 0 Å². The molecule has 2 aromatic carbocycles. The Kier molecular flexibility index (Phi) is 7.69. The summed E-state index contributed by atoms with van der Waals surface area (Å²) >= 11 is 0. The molecule has 158 valence electrons. The highest BCUT2D eigenvalue weighted by Gasteiger charge is 2.16. The highest BCUT2D eigenvalue weighted by molar-refractivity contribution is 6.06. The van der Waals surface area contributed by atoms with Gasteiger partial charge >= 0.3 is 5.97 Å². The van der Waals surface area contributed by atoms with Crippen LogP contribution in [0.25, 0.3) is 0 Å². The van der Waals surface area contributed by atoms with Gasteiger partial charge in [0.15, 0.2) is 13.2 Å². The number of hydrogen-bond donors (Lipinski definition) is 2. The Hall–Kier alpha value is -3.68. The van der Waals surface area contributed by atoms with Crippen LogP contribution < -0.4 is 15.4 Å². The minimum atomic E-state index is -0.694. The number of carbonyl (C=O) groups excluding carboxylic acids is 4. The van der Waals surface area contributed by atoms with E-state index in [-0.39, 0.29) is 29.7 Å². The van der Waals surface area contributed by atoms with Crippen molar-refractivity contribution in [2.75, 3.05) is 23.8 Å². The van der Waals surface area contributed by atoms with Gasteiger partial charge in [0.25, 0.3) is 0 Å². The predicted molar refractivity (Wildman–Crippen MR) is 112 cm³/mol. The van der Waals surface area contributed by atoms with Crippen LogP contribution in [-0.4, -0.2) is 36.8 Å². The molecule has 2 N–H and O–H groups in total. The summed E-state index contributed by atoms with van der Waals surface area (Å²) in [5, 5.41) is 5.11. The summed E-state index contributed by atoms with van der Waals surface area (Å²) in [6, 6.07) is 9.92. The topological polar surface area (TPSA) is 111 Å². The first kappa shape index (κ1) is 22.6. The largest absolute Gasteiger partial charge is 0.482 e. The Labute approximate surface area is 174 Å². The Morgan fingerprint density at radius 2 is 1.60 bits per heavy atom. The van der Waals surface area contributed by atoms with Crippen LogP contribution in [0.5, 0.6) is 5.75 Å². The molecule has 0 heterocycles. The second kappa shape index (κ2) is 10.2. The van der Waals surface area contributed by atoms with Crippen LogP contribution in [0.2, 0.25) is 0 Å². The fourth-order valence-electron chi connectivity index (χ4n) is 2.64. The van der Waals surface area contributed by atoms with E-state index < -0.39 is 18.4 Å². The van der Waals surface area contributed by atoms with Crippen LogP contribution in [0.4, 0.5) is 11.4 Å². The molecule has 0 bridgehead atoms. The number of aryl methyl sites for hydroxylation is 1. The molecule has 0 aromatic heterocycles. The molecule has 0 saturated heterocycles. The van der Waals surface area contributed by atoms with E-state index in [1.165, 1.54) is 32.0 Å². The van der Waals surface area contributed by atoms with E-state index in [0.29, 0.717) is 11.4 Å². The number of hydrogen-bond acceptors (Lipinski definition) is 6.